The van der Waals surface area contributed by atoms with Gasteiger partial charge < -0.3 is 25.2 Å². The van der Waals surface area contributed by atoms with Gasteiger partial charge >= 0.3 is 0 Å². The predicted molar refractivity (Wildman–Crippen MR) is 146 cm³/mol. The van der Waals surface area contributed by atoms with E-state index >= 15 is 0 Å². The summed E-state index contributed by atoms with van der Waals surface area (Å²) in [5.74, 6) is -5.07. The Morgan fingerprint density at radius 3 is 1.90 bits per heavy atom. The van der Waals surface area contributed by atoms with Gasteiger partial charge in [-0.3, -0.25) is 24.5 Å². The van der Waals surface area contributed by atoms with Crippen LogP contribution in [0.1, 0.15) is 24.8 Å². The minimum Gasteiger partial charge on any atom is -0.495 e. The SMILES string of the molecule is COc1ccccc1NC(=O)[C@@H]1C(=O)C[C@@](C)(O)[C@@H](C(=O)Nc2ccccc2OC)[C@@H]1c1ccc([N+](=O)[O-])cc1. The lowest BCUT2D eigenvalue weighted by Crippen LogP contribution is -2.56. The zero-order chi connectivity index (χ0) is 29.0. The number of ketones is 1. The van der Waals surface area contributed by atoms with Crippen LogP contribution in [0.25, 0.3) is 0 Å². The first kappa shape index (κ1) is 28.2. The molecular formula is C29H29N3O8. The fourth-order valence-electron chi connectivity index (χ4n) is 5.23. The van der Waals surface area contributed by atoms with Crippen molar-refractivity contribution in [2.24, 2.45) is 11.8 Å². The smallest absolute Gasteiger partial charge is 0.269 e. The molecule has 1 aliphatic carbocycles. The van der Waals surface area contributed by atoms with Crippen LogP contribution in [0.15, 0.2) is 72.8 Å². The first-order valence-corrected chi connectivity index (χ1v) is 12.4. The number of nitro groups is 1. The molecule has 0 heterocycles. The van der Waals surface area contributed by atoms with Crippen molar-refractivity contribution in [3.63, 3.8) is 0 Å². The number of nitrogens with one attached hydrogen (secondary N) is 2. The minimum absolute atomic E-state index is 0.206. The Kier molecular flexibility index (Phi) is 8.15. The largest absolute Gasteiger partial charge is 0.495 e. The van der Waals surface area contributed by atoms with E-state index in [4.69, 9.17) is 9.47 Å². The van der Waals surface area contributed by atoms with Crippen molar-refractivity contribution in [1.29, 1.82) is 0 Å². The third-order valence-corrected chi connectivity index (χ3v) is 7.05. The number of nitro benzene ring substituents is 1. The Morgan fingerprint density at radius 1 is 0.900 bits per heavy atom. The normalized spacial score (nSPS) is 22.2. The van der Waals surface area contributed by atoms with Gasteiger partial charge in [0.05, 0.1) is 42.0 Å². The number of anilines is 2. The number of rotatable bonds is 8. The van der Waals surface area contributed by atoms with Crippen LogP contribution in [0, 0.1) is 22.0 Å². The number of nitrogens with zero attached hydrogens (tertiary/aromatic N) is 1. The monoisotopic (exact) mass is 547 g/mol. The molecule has 0 unspecified atom stereocenters. The maximum Gasteiger partial charge on any atom is 0.269 e. The van der Waals surface area contributed by atoms with Gasteiger partial charge in [0, 0.05) is 24.5 Å². The van der Waals surface area contributed by atoms with E-state index in [1.165, 1.54) is 45.4 Å². The number of ether oxygens (including phenoxy) is 2. The Morgan fingerprint density at radius 2 is 1.40 bits per heavy atom. The number of hydrogen-bond donors (Lipinski definition) is 3. The quantitative estimate of drug-likeness (QED) is 0.218. The van der Waals surface area contributed by atoms with Crippen LogP contribution in [0.5, 0.6) is 11.5 Å². The average Bonchev–Trinajstić information content (AvgIpc) is 2.92. The summed E-state index contributed by atoms with van der Waals surface area (Å²) in [5.41, 5.74) is -1.10. The molecule has 11 nitrogen and oxygen atoms in total. The zero-order valence-corrected chi connectivity index (χ0v) is 22.1. The highest BCUT2D eigenvalue weighted by atomic mass is 16.6. The Labute approximate surface area is 230 Å². The topological polar surface area (TPSA) is 157 Å². The second-order valence-corrected chi connectivity index (χ2v) is 9.71. The lowest BCUT2D eigenvalue weighted by molar-refractivity contribution is -0.384. The van der Waals surface area contributed by atoms with Gasteiger partial charge in [-0.1, -0.05) is 36.4 Å². The Bertz CT molecular complexity index is 1440. The van der Waals surface area contributed by atoms with Crippen molar-refractivity contribution in [2.45, 2.75) is 24.9 Å². The third-order valence-electron chi connectivity index (χ3n) is 7.05. The number of methoxy groups -OCH3 is 2. The first-order valence-electron chi connectivity index (χ1n) is 12.4. The number of carbonyl (C=O) groups is 3. The standard InChI is InChI=1S/C29H29N3O8/c1-29(36)16-21(33)25(27(34)30-19-8-4-6-10-22(19)39-2)24(17-12-14-18(15-13-17)32(37)38)26(29)28(35)31-20-9-5-7-11-23(20)40-3/h4-15,24-26,36H,16H2,1-3H3,(H,30,34)(H,31,35)/t24-,25-,26-,29-/m1/s1. The van der Waals surface area contributed by atoms with Crippen molar-refractivity contribution in [3.8, 4) is 11.5 Å². The minimum atomic E-state index is -1.85. The molecule has 4 rings (SSSR count). The second-order valence-electron chi connectivity index (χ2n) is 9.71. The number of non-ortho nitro benzene ring substituents is 1. The van der Waals surface area contributed by atoms with E-state index in [9.17, 15) is 29.6 Å². The van der Waals surface area contributed by atoms with Crippen molar-refractivity contribution in [1.82, 2.24) is 0 Å². The van der Waals surface area contributed by atoms with Crippen molar-refractivity contribution >= 4 is 34.7 Å². The summed E-state index contributed by atoms with van der Waals surface area (Å²) in [4.78, 5) is 51.7. The van der Waals surface area contributed by atoms with Crippen molar-refractivity contribution < 1.29 is 33.9 Å². The maximum absolute atomic E-state index is 13.8. The van der Waals surface area contributed by atoms with Crippen LogP contribution >= 0.6 is 0 Å². The van der Waals surface area contributed by atoms with E-state index in [2.05, 4.69) is 10.6 Å². The Hall–Kier alpha value is -4.77. The Balaban J connectivity index is 1.80. The summed E-state index contributed by atoms with van der Waals surface area (Å²) in [6.07, 6.45) is -0.468. The maximum atomic E-state index is 13.8. The highest BCUT2D eigenvalue weighted by Gasteiger charge is 2.56. The second kappa shape index (κ2) is 11.5. The molecule has 0 radical (unpaired) electrons. The highest BCUT2D eigenvalue weighted by molar-refractivity contribution is 6.11. The molecule has 11 heteroatoms. The van der Waals surface area contributed by atoms with Crippen LogP contribution in [-0.2, 0) is 14.4 Å². The number of benzene rings is 3. The first-order chi connectivity index (χ1) is 19.1. The molecule has 0 bridgehead atoms. The number of amides is 2. The van der Waals surface area contributed by atoms with Crippen LogP contribution in [-0.4, -0.2) is 47.4 Å². The fourth-order valence-corrected chi connectivity index (χ4v) is 5.23. The summed E-state index contributed by atoms with van der Waals surface area (Å²) < 4.78 is 10.6. The third kappa shape index (κ3) is 5.64. The van der Waals surface area contributed by atoms with E-state index in [-0.39, 0.29) is 5.69 Å². The fraction of sp³-hybridized carbons (Fsp3) is 0.276. The molecule has 3 aromatic carbocycles. The summed E-state index contributed by atoms with van der Waals surface area (Å²) >= 11 is 0. The predicted octanol–water partition coefficient (Wildman–Crippen LogP) is 3.93. The van der Waals surface area contributed by atoms with E-state index in [1.54, 1.807) is 48.5 Å². The van der Waals surface area contributed by atoms with Gasteiger partial charge in [0.1, 0.15) is 23.2 Å². The van der Waals surface area contributed by atoms with E-state index in [1.807, 2.05) is 0 Å². The van der Waals surface area contributed by atoms with Crippen molar-refractivity contribution in [2.75, 3.05) is 24.9 Å². The molecule has 208 valence electrons. The van der Waals surface area contributed by atoms with E-state index in [0.717, 1.165) is 0 Å². The lowest BCUT2D eigenvalue weighted by atomic mass is 9.61. The summed E-state index contributed by atoms with van der Waals surface area (Å²) in [6, 6.07) is 18.6. The number of carbonyl (C=O) groups excluding carboxylic acids is 3. The molecule has 4 atom stereocenters. The van der Waals surface area contributed by atoms with Gasteiger partial charge in [-0.05, 0) is 36.8 Å². The number of Topliss-reactive ketones (excluding diaryl/α,β-unsaturated/α-hetero) is 1. The molecule has 3 aromatic rings. The zero-order valence-electron chi connectivity index (χ0n) is 22.1. The molecule has 0 saturated heterocycles. The van der Waals surface area contributed by atoms with Gasteiger partial charge in [-0.25, -0.2) is 0 Å². The van der Waals surface area contributed by atoms with Crippen molar-refractivity contribution in [3.05, 3.63) is 88.5 Å². The van der Waals surface area contributed by atoms with Gasteiger partial charge in [0.25, 0.3) is 5.69 Å². The number of aliphatic hydroxyl groups is 1. The summed E-state index contributed by atoms with van der Waals surface area (Å²) in [7, 11) is 2.88. The van der Waals surface area contributed by atoms with Crippen LogP contribution in [0.3, 0.4) is 0 Å². The van der Waals surface area contributed by atoms with Gasteiger partial charge in [0.2, 0.25) is 11.8 Å². The summed E-state index contributed by atoms with van der Waals surface area (Å²) in [6.45, 7) is 1.37. The lowest BCUT2D eigenvalue weighted by Gasteiger charge is -2.44. The van der Waals surface area contributed by atoms with E-state index < -0.39 is 52.3 Å². The van der Waals surface area contributed by atoms with Crippen LogP contribution < -0.4 is 20.1 Å². The number of hydrogen-bond acceptors (Lipinski definition) is 8. The molecule has 1 saturated carbocycles. The molecule has 0 aliphatic heterocycles. The molecule has 0 spiro atoms. The van der Waals surface area contributed by atoms with Gasteiger partial charge in [-0.2, -0.15) is 0 Å². The van der Waals surface area contributed by atoms with Gasteiger partial charge in [-0.15, -0.1) is 0 Å². The van der Waals surface area contributed by atoms with Crippen LogP contribution in [0.4, 0.5) is 17.1 Å². The summed E-state index contributed by atoms with van der Waals surface area (Å²) in [5, 5.41) is 28.2. The van der Waals surface area contributed by atoms with E-state index in [0.29, 0.717) is 28.4 Å². The molecule has 1 fully saturated rings. The van der Waals surface area contributed by atoms with Crippen LogP contribution in [0.2, 0.25) is 0 Å². The average molecular weight is 548 g/mol. The highest BCUT2D eigenvalue weighted by Crippen LogP contribution is 2.47. The molecule has 3 N–H and O–H groups in total. The molecular weight excluding hydrogens is 518 g/mol. The molecule has 2 amide bonds. The number of para-hydroxylation sites is 4. The molecule has 0 aromatic heterocycles. The van der Waals surface area contributed by atoms with Gasteiger partial charge in [0.15, 0.2) is 0 Å². The molecule has 40 heavy (non-hydrogen) atoms. The molecule has 1 aliphatic rings.